The molecule has 0 bridgehead atoms. The molecule has 4 heteroatoms. The predicted octanol–water partition coefficient (Wildman–Crippen LogP) is 13.1. The van der Waals surface area contributed by atoms with Crippen molar-refractivity contribution in [3.05, 3.63) is 57.6 Å². The molecule has 0 radical (unpaired) electrons. The van der Waals surface area contributed by atoms with Crippen LogP contribution in [0.15, 0.2) is 24.3 Å². The van der Waals surface area contributed by atoms with Crippen LogP contribution < -0.4 is 0 Å². The highest BCUT2D eigenvalue weighted by Crippen LogP contribution is 2.71. The number of phenolic OH excluding ortho intramolecular Hbond substituents is 2. The van der Waals surface area contributed by atoms with E-state index in [1.807, 2.05) is 12.1 Å². The highest BCUT2D eigenvalue weighted by atomic mass is 31.2. The summed E-state index contributed by atoms with van der Waals surface area (Å²) in [5, 5.41) is 21.9. The maximum Gasteiger partial charge on any atom is 0.119 e. The van der Waals surface area contributed by atoms with Gasteiger partial charge in [-0.2, -0.15) is 0 Å². The molecule has 0 spiro atoms. The van der Waals surface area contributed by atoms with Crippen LogP contribution in [0.5, 0.6) is 11.5 Å². The Labute approximate surface area is 284 Å². The molecule has 0 aromatic heterocycles. The Morgan fingerprint density at radius 2 is 0.978 bits per heavy atom. The molecule has 2 rings (SSSR count). The molecular formula is C42H71O3P. The van der Waals surface area contributed by atoms with Crippen molar-refractivity contribution in [2.45, 2.75) is 170 Å². The maximum absolute atomic E-state index is 17.0. The van der Waals surface area contributed by atoms with E-state index in [-0.39, 0.29) is 10.8 Å². The molecule has 0 saturated heterocycles. The number of rotatable bonds is 17. The zero-order valence-electron chi connectivity index (χ0n) is 32.2. The van der Waals surface area contributed by atoms with E-state index in [1.165, 1.54) is 0 Å². The van der Waals surface area contributed by atoms with E-state index in [2.05, 4.69) is 102 Å². The van der Waals surface area contributed by atoms with Crippen LogP contribution >= 0.6 is 7.14 Å². The fourth-order valence-corrected chi connectivity index (χ4v) is 13.3. The van der Waals surface area contributed by atoms with Crippen molar-refractivity contribution >= 4 is 7.14 Å². The number of hydrogen-bond donors (Lipinski definition) is 2. The Kier molecular flexibility index (Phi) is 14.6. The minimum atomic E-state index is -3.04. The van der Waals surface area contributed by atoms with E-state index in [4.69, 9.17) is 0 Å². The largest absolute Gasteiger partial charge is 0.508 e. The van der Waals surface area contributed by atoms with E-state index in [9.17, 15) is 10.2 Å². The van der Waals surface area contributed by atoms with E-state index in [1.54, 1.807) is 0 Å². The van der Waals surface area contributed by atoms with E-state index in [0.29, 0.717) is 23.3 Å². The average Bonchev–Trinajstić information content (AvgIpc) is 2.95. The molecule has 2 atom stereocenters. The lowest BCUT2D eigenvalue weighted by Crippen LogP contribution is -2.36. The molecule has 0 fully saturated rings. The Morgan fingerprint density at radius 3 is 1.26 bits per heavy atom. The lowest BCUT2D eigenvalue weighted by Gasteiger charge is -2.47. The lowest BCUT2D eigenvalue weighted by atomic mass is 9.76. The summed E-state index contributed by atoms with van der Waals surface area (Å²) < 4.78 is 17.0. The van der Waals surface area contributed by atoms with Gasteiger partial charge in [0.1, 0.15) is 18.6 Å². The standard InChI is InChI=1S/C42H71O3P/c1-14-19-21-32(17-4)28-46(45,29-33(18-5)22-20-15-2)42(23-16-3,34-26-36(40(8,9)10)38(43)24-30(34)6)35-27-37(41(11,12)13)39(44)25-31(35)7/h24-27,32-33,43-44H,14-23,28-29H2,1-13H3. The zero-order valence-corrected chi connectivity index (χ0v) is 33.1. The van der Waals surface area contributed by atoms with E-state index >= 15 is 4.57 Å². The summed E-state index contributed by atoms with van der Waals surface area (Å²) in [5.74, 6) is 1.42. The van der Waals surface area contributed by atoms with Gasteiger partial charge in [-0.3, -0.25) is 0 Å². The van der Waals surface area contributed by atoms with Gasteiger partial charge in [-0.15, -0.1) is 0 Å². The third-order valence-electron chi connectivity index (χ3n) is 10.7. The van der Waals surface area contributed by atoms with Crippen LogP contribution in [0.25, 0.3) is 0 Å². The van der Waals surface area contributed by atoms with Crippen molar-refractivity contribution in [2.24, 2.45) is 11.8 Å². The van der Waals surface area contributed by atoms with Crippen LogP contribution in [0.2, 0.25) is 0 Å². The van der Waals surface area contributed by atoms with E-state index in [0.717, 1.165) is 110 Å². The van der Waals surface area contributed by atoms with Crippen molar-refractivity contribution in [1.82, 2.24) is 0 Å². The molecule has 0 aliphatic heterocycles. The van der Waals surface area contributed by atoms with Gasteiger partial charge in [0.2, 0.25) is 0 Å². The molecule has 0 aliphatic rings. The molecule has 2 aromatic carbocycles. The average molecular weight is 655 g/mol. The fourth-order valence-electron chi connectivity index (χ4n) is 7.95. The zero-order chi connectivity index (χ0) is 35.1. The highest BCUT2D eigenvalue weighted by Gasteiger charge is 2.53. The first-order valence-electron chi connectivity index (χ1n) is 18.6. The van der Waals surface area contributed by atoms with Gasteiger partial charge in [0.05, 0.1) is 5.16 Å². The maximum atomic E-state index is 17.0. The number of phenols is 2. The Bertz CT molecular complexity index is 1220. The van der Waals surface area contributed by atoms with Gasteiger partial charge in [0, 0.05) is 12.3 Å². The summed E-state index contributed by atoms with van der Waals surface area (Å²) in [6.07, 6.45) is 12.0. The van der Waals surface area contributed by atoms with Crippen LogP contribution in [0, 0.1) is 25.7 Å². The van der Waals surface area contributed by atoms with Gasteiger partial charge in [-0.1, -0.05) is 134 Å². The second-order valence-corrected chi connectivity index (χ2v) is 19.8. The van der Waals surface area contributed by atoms with Gasteiger partial charge in [-0.05, 0) is 101 Å². The second-order valence-electron chi connectivity index (χ2n) is 16.6. The molecule has 0 saturated carbocycles. The van der Waals surface area contributed by atoms with Gasteiger partial charge >= 0.3 is 0 Å². The lowest BCUT2D eigenvalue weighted by molar-refractivity contribution is 0.434. The van der Waals surface area contributed by atoms with Gasteiger partial charge in [-0.25, -0.2) is 0 Å². The van der Waals surface area contributed by atoms with E-state index < -0.39 is 12.3 Å². The fraction of sp³-hybridized carbons (Fsp3) is 0.714. The third kappa shape index (κ3) is 9.03. The first-order valence-corrected chi connectivity index (χ1v) is 20.7. The number of hydrogen-bond acceptors (Lipinski definition) is 3. The van der Waals surface area contributed by atoms with Crippen LogP contribution in [0.1, 0.15) is 174 Å². The predicted molar refractivity (Wildman–Crippen MR) is 203 cm³/mol. The number of aryl methyl sites for hydroxylation is 2. The van der Waals surface area contributed by atoms with Gasteiger partial charge in [0.15, 0.2) is 0 Å². The quantitative estimate of drug-likeness (QED) is 0.167. The Balaban J connectivity index is 3.29. The molecule has 262 valence electrons. The van der Waals surface area contributed by atoms with Crippen molar-refractivity contribution in [3.8, 4) is 11.5 Å². The van der Waals surface area contributed by atoms with Crippen LogP contribution in [0.4, 0.5) is 0 Å². The SMILES string of the molecule is CCCCC(CC)CP(=O)(CC(CC)CCCC)C(CCC)(c1cc(C(C)(C)C)c(O)cc1C)c1cc(C(C)(C)C)c(O)cc1C. The van der Waals surface area contributed by atoms with Crippen LogP contribution in [-0.4, -0.2) is 22.5 Å². The summed E-state index contributed by atoms with van der Waals surface area (Å²) >= 11 is 0. The van der Waals surface area contributed by atoms with Crippen molar-refractivity contribution in [3.63, 3.8) is 0 Å². The molecule has 3 nitrogen and oxygen atoms in total. The molecule has 0 aliphatic carbocycles. The number of aromatic hydroxyl groups is 2. The van der Waals surface area contributed by atoms with Crippen molar-refractivity contribution in [1.29, 1.82) is 0 Å². The molecule has 2 N–H and O–H groups in total. The summed E-state index contributed by atoms with van der Waals surface area (Å²) in [6, 6.07) is 8.34. The van der Waals surface area contributed by atoms with Crippen LogP contribution in [-0.2, 0) is 20.6 Å². The smallest absolute Gasteiger partial charge is 0.119 e. The van der Waals surface area contributed by atoms with Crippen molar-refractivity contribution < 1.29 is 14.8 Å². The molecule has 46 heavy (non-hydrogen) atoms. The normalized spacial score (nSPS) is 15.5. The summed E-state index contributed by atoms with van der Waals surface area (Å²) in [6.45, 7) is 28.5. The monoisotopic (exact) mass is 655 g/mol. The molecule has 2 aromatic rings. The topological polar surface area (TPSA) is 57.5 Å². The Morgan fingerprint density at radius 1 is 0.609 bits per heavy atom. The summed E-state index contributed by atoms with van der Waals surface area (Å²) in [4.78, 5) is 0. The minimum absolute atomic E-state index is 0.283. The molecule has 0 heterocycles. The summed E-state index contributed by atoms with van der Waals surface area (Å²) in [5.41, 5.74) is 5.49. The second kappa shape index (κ2) is 16.6. The number of benzene rings is 2. The number of unbranched alkanes of at least 4 members (excludes halogenated alkanes) is 2. The third-order valence-corrected chi connectivity index (χ3v) is 15.0. The first-order chi connectivity index (χ1) is 21.4. The summed E-state index contributed by atoms with van der Waals surface area (Å²) in [7, 11) is -3.04. The highest BCUT2D eigenvalue weighted by molar-refractivity contribution is 7.65. The van der Waals surface area contributed by atoms with Gasteiger partial charge in [0.25, 0.3) is 0 Å². The Hall–Kier alpha value is -1.73. The molecule has 0 amide bonds. The molecular weight excluding hydrogens is 583 g/mol. The van der Waals surface area contributed by atoms with Crippen LogP contribution in [0.3, 0.4) is 0 Å². The molecule has 2 unspecified atom stereocenters. The minimum Gasteiger partial charge on any atom is -0.508 e. The van der Waals surface area contributed by atoms with Crippen molar-refractivity contribution in [2.75, 3.05) is 12.3 Å². The van der Waals surface area contributed by atoms with Gasteiger partial charge < -0.3 is 14.8 Å². The first kappa shape index (κ1) is 40.4.